The first kappa shape index (κ1) is 19.9. The van der Waals surface area contributed by atoms with Crippen LogP contribution in [0, 0.1) is 5.92 Å². The molecule has 0 radical (unpaired) electrons. The van der Waals surface area contributed by atoms with Crippen LogP contribution in [0.15, 0.2) is 35.9 Å². The summed E-state index contributed by atoms with van der Waals surface area (Å²) in [4.78, 5) is 12.9. The number of hydrogen-bond acceptors (Lipinski definition) is 4. The SMILES string of the molecule is CC(C)(/C=C1/C2c3ccccc3OC(=O)[C@]23OCC[C@H]13)O[Si](C)(C)C(C)(C)C. The monoisotopic (exact) mass is 400 g/mol. The fourth-order valence-corrected chi connectivity index (χ4v) is 6.54. The average Bonchev–Trinajstić information content (AvgIpc) is 2.91. The van der Waals surface area contributed by atoms with Crippen LogP contribution < -0.4 is 4.74 Å². The Morgan fingerprint density at radius 2 is 1.86 bits per heavy atom. The smallest absolute Gasteiger partial charge is 0.345 e. The van der Waals surface area contributed by atoms with Crippen molar-refractivity contribution in [3.63, 3.8) is 0 Å². The lowest BCUT2D eigenvalue weighted by Gasteiger charge is -2.54. The molecule has 0 aromatic heterocycles. The number of esters is 1. The summed E-state index contributed by atoms with van der Waals surface area (Å²) in [5.74, 6) is 0.436. The summed E-state index contributed by atoms with van der Waals surface area (Å²) in [7, 11) is -1.93. The Balaban J connectivity index is 1.74. The van der Waals surface area contributed by atoms with Gasteiger partial charge in [-0.25, -0.2) is 4.79 Å². The summed E-state index contributed by atoms with van der Waals surface area (Å²) in [6, 6.07) is 7.84. The van der Waals surface area contributed by atoms with Crippen LogP contribution in [0.3, 0.4) is 0 Å². The zero-order valence-electron chi connectivity index (χ0n) is 18.1. The van der Waals surface area contributed by atoms with Crippen LogP contribution in [0.4, 0.5) is 0 Å². The van der Waals surface area contributed by atoms with Crippen LogP contribution in [0.1, 0.15) is 52.5 Å². The maximum Gasteiger partial charge on any atom is 0.345 e. The maximum absolute atomic E-state index is 12.9. The lowest BCUT2D eigenvalue weighted by molar-refractivity contribution is -0.173. The molecule has 1 aromatic carbocycles. The third-order valence-corrected chi connectivity index (χ3v) is 11.7. The molecule has 3 atom stereocenters. The Bertz CT molecular complexity index is 848. The minimum absolute atomic E-state index is 0.0697. The number of benzene rings is 1. The molecule has 1 aliphatic carbocycles. The maximum atomic E-state index is 12.9. The van der Waals surface area contributed by atoms with Crippen LogP contribution in [-0.4, -0.2) is 32.1 Å². The molecule has 4 rings (SSSR count). The van der Waals surface area contributed by atoms with E-state index in [2.05, 4.69) is 59.9 Å². The molecule has 4 nitrogen and oxygen atoms in total. The predicted molar refractivity (Wildman–Crippen MR) is 112 cm³/mol. The molecule has 0 N–H and O–H groups in total. The first-order valence-corrected chi connectivity index (χ1v) is 13.2. The third kappa shape index (κ3) is 2.74. The summed E-state index contributed by atoms with van der Waals surface area (Å²) in [6.45, 7) is 16.2. The third-order valence-electron chi connectivity index (χ3n) is 7.02. The van der Waals surface area contributed by atoms with E-state index >= 15 is 0 Å². The van der Waals surface area contributed by atoms with Crippen LogP contribution in [0.5, 0.6) is 5.75 Å². The van der Waals surface area contributed by atoms with Crippen molar-refractivity contribution in [2.75, 3.05) is 6.61 Å². The Kier molecular flexibility index (Phi) is 4.28. The van der Waals surface area contributed by atoms with Gasteiger partial charge in [0.05, 0.1) is 5.60 Å². The molecule has 5 heteroatoms. The predicted octanol–water partition coefficient (Wildman–Crippen LogP) is 5.20. The fraction of sp³-hybridized carbons (Fsp3) is 0.609. The van der Waals surface area contributed by atoms with Crippen molar-refractivity contribution in [1.82, 2.24) is 0 Å². The molecular weight excluding hydrogens is 368 g/mol. The largest absolute Gasteiger partial charge is 0.424 e. The van der Waals surface area contributed by atoms with E-state index in [0.717, 1.165) is 12.0 Å². The normalized spacial score (nSPS) is 31.0. The van der Waals surface area contributed by atoms with Crippen molar-refractivity contribution in [3.8, 4) is 5.75 Å². The Morgan fingerprint density at radius 3 is 2.54 bits per heavy atom. The highest BCUT2D eigenvalue weighted by atomic mass is 28.4. The van der Waals surface area contributed by atoms with Gasteiger partial charge in [0.15, 0.2) is 13.9 Å². The zero-order chi connectivity index (χ0) is 20.5. The van der Waals surface area contributed by atoms with Gasteiger partial charge in [0.1, 0.15) is 5.75 Å². The van der Waals surface area contributed by atoms with E-state index in [0.29, 0.717) is 12.4 Å². The highest BCUT2D eigenvalue weighted by Gasteiger charge is 2.70. The van der Waals surface area contributed by atoms with Crippen molar-refractivity contribution in [2.45, 2.75) is 76.3 Å². The van der Waals surface area contributed by atoms with Gasteiger partial charge in [0.2, 0.25) is 0 Å². The number of carbonyl (C=O) groups is 1. The van der Waals surface area contributed by atoms with Gasteiger partial charge in [0, 0.05) is 24.0 Å². The number of ether oxygens (including phenoxy) is 2. The van der Waals surface area contributed by atoms with Crippen molar-refractivity contribution >= 4 is 14.3 Å². The topological polar surface area (TPSA) is 44.8 Å². The molecule has 1 spiro atoms. The molecule has 1 saturated carbocycles. The summed E-state index contributed by atoms with van der Waals surface area (Å²) in [5.41, 5.74) is 1.08. The molecule has 0 bridgehead atoms. The number of hydrogen-bond donors (Lipinski definition) is 0. The van der Waals surface area contributed by atoms with E-state index in [-0.39, 0.29) is 22.8 Å². The number of rotatable bonds is 3. The molecular formula is C23H32O4Si. The van der Waals surface area contributed by atoms with Gasteiger partial charge >= 0.3 is 5.97 Å². The number of para-hydroxylation sites is 1. The highest BCUT2D eigenvalue weighted by Crippen LogP contribution is 2.65. The Morgan fingerprint density at radius 1 is 1.18 bits per heavy atom. The summed E-state index contributed by atoms with van der Waals surface area (Å²) in [5, 5.41) is 0.143. The standard InChI is InChI=1S/C23H32O4Si/c1-21(2,3)28(6,7)27-22(4,5)14-16-17-12-13-25-23(17)19(16)15-10-8-9-11-18(15)26-20(23)24/h8-11,14,17,19H,12-13H2,1-7H3/b16-14+/t17-,19?,23-/m1/s1. The fourth-order valence-electron chi connectivity index (χ4n) is 4.86. The highest BCUT2D eigenvalue weighted by molar-refractivity contribution is 6.74. The summed E-state index contributed by atoms with van der Waals surface area (Å²) in [6.07, 6.45) is 3.13. The first-order chi connectivity index (χ1) is 12.9. The second-order valence-corrected chi connectivity index (χ2v) is 15.2. The lowest BCUT2D eigenvalue weighted by atomic mass is 9.53. The lowest BCUT2D eigenvalue weighted by Crippen LogP contribution is -2.63. The van der Waals surface area contributed by atoms with E-state index in [1.165, 1.54) is 5.57 Å². The Hall–Kier alpha value is -1.43. The van der Waals surface area contributed by atoms with E-state index in [9.17, 15) is 4.79 Å². The van der Waals surface area contributed by atoms with Gasteiger partial charge in [-0.05, 0) is 44.5 Å². The van der Waals surface area contributed by atoms with Crippen molar-refractivity contribution in [2.24, 2.45) is 5.92 Å². The van der Waals surface area contributed by atoms with Gasteiger partial charge < -0.3 is 13.9 Å². The summed E-state index contributed by atoms with van der Waals surface area (Å²) < 4.78 is 18.5. The van der Waals surface area contributed by atoms with E-state index in [1.807, 2.05) is 18.2 Å². The number of fused-ring (bicyclic) bond motifs is 2. The van der Waals surface area contributed by atoms with Gasteiger partial charge in [-0.15, -0.1) is 0 Å². The molecule has 2 heterocycles. The molecule has 0 amide bonds. The average molecular weight is 401 g/mol. The van der Waals surface area contributed by atoms with Crippen LogP contribution in [0.25, 0.3) is 0 Å². The van der Waals surface area contributed by atoms with Gasteiger partial charge in [0.25, 0.3) is 0 Å². The van der Waals surface area contributed by atoms with Crippen LogP contribution in [-0.2, 0) is 14.0 Å². The zero-order valence-corrected chi connectivity index (χ0v) is 19.1. The van der Waals surface area contributed by atoms with E-state index in [1.54, 1.807) is 0 Å². The van der Waals surface area contributed by atoms with E-state index in [4.69, 9.17) is 13.9 Å². The van der Waals surface area contributed by atoms with Gasteiger partial charge in [-0.3, -0.25) is 0 Å². The van der Waals surface area contributed by atoms with Crippen LogP contribution in [0.2, 0.25) is 18.1 Å². The van der Waals surface area contributed by atoms with Crippen LogP contribution >= 0.6 is 0 Å². The second kappa shape index (κ2) is 6.03. The molecule has 152 valence electrons. The summed E-state index contributed by atoms with van der Waals surface area (Å²) >= 11 is 0. The molecule has 2 fully saturated rings. The molecule has 28 heavy (non-hydrogen) atoms. The quantitative estimate of drug-likeness (QED) is 0.303. The van der Waals surface area contributed by atoms with Gasteiger partial charge in [-0.1, -0.05) is 50.6 Å². The van der Waals surface area contributed by atoms with Gasteiger partial charge in [-0.2, -0.15) is 0 Å². The molecule has 1 saturated heterocycles. The van der Waals surface area contributed by atoms with Crippen molar-refractivity contribution in [3.05, 3.63) is 41.5 Å². The Labute approximate surface area is 169 Å². The second-order valence-electron chi connectivity index (χ2n) is 10.5. The van der Waals surface area contributed by atoms with Crippen molar-refractivity contribution in [1.29, 1.82) is 0 Å². The first-order valence-electron chi connectivity index (χ1n) is 10.3. The molecule has 1 aromatic rings. The minimum Gasteiger partial charge on any atom is -0.424 e. The molecule has 3 aliphatic rings. The molecule has 2 aliphatic heterocycles. The van der Waals surface area contributed by atoms with Crippen molar-refractivity contribution < 1.29 is 18.7 Å². The van der Waals surface area contributed by atoms with E-state index < -0.39 is 19.5 Å². The minimum atomic E-state index is -1.93. The number of carbonyl (C=O) groups excluding carboxylic acids is 1. The molecule has 1 unspecified atom stereocenters.